The van der Waals surface area contributed by atoms with Crippen LogP contribution in [-0.2, 0) is 9.59 Å². The van der Waals surface area contributed by atoms with Crippen LogP contribution in [-0.4, -0.2) is 47.1 Å². The Morgan fingerprint density at radius 1 is 1.10 bits per heavy atom. The predicted octanol–water partition coefficient (Wildman–Crippen LogP) is 1.23. The minimum Gasteiger partial charge on any atom is -0.481 e. The van der Waals surface area contributed by atoms with Crippen LogP contribution in [0.2, 0.25) is 0 Å². The molecule has 0 aromatic carbocycles. The van der Waals surface area contributed by atoms with Crippen LogP contribution in [0.15, 0.2) is 0 Å². The van der Waals surface area contributed by atoms with Gasteiger partial charge in [0.25, 0.3) is 0 Å². The van der Waals surface area contributed by atoms with Crippen molar-refractivity contribution in [1.29, 1.82) is 0 Å². The first-order valence-electron chi connectivity index (χ1n) is 7.49. The highest BCUT2D eigenvalue weighted by Gasteiger charge is 2.26. The van der Waals surface area contributed by atoms with E-state index in [9.17, 15) is 9.59 Å². The average molecular weight is 300 g/mol. The number of amides is 1. The van der Waals surface area contributed by atoms with Gasteiger partial charge in [0.1, 0.15) is 0 Å². The Morgan fingerprint density at radius 3 is 2.35 bits per heavy atom. The second kappa shape index (κ2) is 7.88. The molecule has 20 heavy (non-hydrogen) atoms. The second-order valence-corrected chi connectivity index (χ2v) is 7.00. The zero-order chi connectivity index (χ0) is 14.4. The van der Waals surface area contributed by atoms with Crippen molar-refractivity contribution >= 4 is 23.6 Å². The van der Waals surface area contributed by atoms with E-state index >= 15 is 0 Å². The third-order valence-corrected chi connectivity index (χ3v) is 5.55. The summed E-state index contributed by atoms with van der Waals surface area (Å²) in [6.07, 6.45) is 5.23. The van der Waals surface area contributed by atoms with Crippen LogP contribution >= 0.6 is 11.8 Å². The molecule has 0 bridgehead atoms. The smallest absolute Gasteiger partial charge is 0.306 e. The van der Waals surface area contributed by atoms with Crippen LogP contribution in [0, 0.1) is 5.92 Å². The van der Waals surface area contributed by atoms with E-state index < -0.39 is 5.97 Å². The Bertz CT molecular complexity index is 337. The number of piperidine rings is 1. The molecule has 2 fully saturated rings. The lowest BCUT2D eigenvalue weighted by Crippen LogP contribution is -2.40. The number of carboxylic acid groups (broad SMARTS) is 1. The van der Waals surface area contributed by atoms with Crippen molar-refractivity contribution < 1.29 is 14.7 Å². The maximum absolute atomic E-state index is 11.9. The van der Waals surface area contributed by atoms with Crippen LogP contribution in [0.25, 0.3) is 0 Å². The third kappa shape index (κ3) is 4.98. The monoisotopic (exact) mass is 300 g/mol. The fourth-order valence-electron chi connectivity index (χ4n) is 2.91. The summed E-state index contributed by atoms with van der Waals surface area (Å²) in [6, 6.07) is 0.173. The van der Waals surface area contributed by atoms with E-state index in [1.54, 1.807) is 11.8 Å². The zero-order valence-corrected chi connectivity index (χ0v) is 12.6. The molecule has 6 heteroatoms. The molecule has 0 radical (unpaired) electrons. The Labute approximate surface area is 124 Å². The lowest BCUT2D eigenvalue weighted by Gasteiger charge is -2.27. The standard InChI is InChI=1S/C14H24N2O3S/c17-13(9-20-12-5-7-15-8-6-12)16-11-3-1-10(2-4-11)14(18)19/h10-12,15H,1-9H2,(H,16,17)(H,18,19). The van der Waals surface area contributed by atoms with Crippen LogP contribution in [0.1, 0.15) is 38.5 Å². The number of thioether (sulfide) groups is 1. The van der Waals surface area contributed by atoms with Gasteiger partial charge in [0.2, 0.25) is 5.91 Å². The first-order valence-corrected chi connectivity index (χ1v) is 8.54. The van der Waals surface area contributed by atoms with Crippen molar-refractivity contribution in [1.82, 2.24) is 10.6 Å². The number of aliphatic carboxylic acids is 1. The number of hydrogen-bond donors (Lipinski definition) is 3. The van der Waals surface area contributed by atoms with Crippen molar-refractivity contribution in [3.8, 4) is 0 Å². The predicted molar refractivity (Wildman–Crippen MR) is 79.9 cm³/mol. The highest BCUT2D eigenvalue weighted by atomic mass is 32.2. The average Bonchev–Trinajstić information content (AvgIpc) is 2.47. The molecule has 114 valence electrons. The van der Waals surface area contributed by atoms with Gasteiger partial charge in [-0.2, -0.15) is 0 Å². The molecule has 5 nitrogen and oxygen atoms in total. The van der Waals surface area contributed by atoms with E-state index in [0.717, 1.165) is 38.8 Å². The van der Waals surface area contributed by atoms with Crippen molar-refractivity contribution in [2.24, 2.45) is 5.92 Å². The Morgan fingerprint density at radius 2 is 1.75 bits per heavy atom. The second-order valence-electron chi connectivity index (χ2n) is 5.71. The van der Waals surface area contributed by atoms with Gasteiger partial charge in [0.05, 0.1) is 11.7 Å². The topological polar surface area (TPSA) is 78.4 Å². The first-order chi connectivity index (χ1) is 9.65. The normalized spacial score (nSPS) is 28.0. The largest absolute Gasteiger partial charge is 0.481 e. The van der Waals surface area contributed by atoms with Crippen molar-refractivity contribution in [3.63, 3.8) is 0 Å². The summed E-state index contributed by atoms with van der Waals surface area (Å²) in [5, 5.41) is 15.9. The molecule has 1 aliphatic heterocycles. The number of carbonyl (C=O) groups is 2. The van der Waals surface area contributed by atoms with Crippen molar-refractivity contribution in [3.05, 3.63) is 0 Å². The van der Waals surface area contributed by atoms with Gasteiger partial charge in [-0.15, -0.1) is 11.8 Å². The van der Waals surface area contributed by atoms with E-state index in [4.69, 9.17) is 5.11 Å². The number of nitrogens with one attached hydrogen (secondary N) is 2. The van der Waals surface area contributed by atoms with Gasteiger partial charge >= 0.3 is 5.97 Å². The maximum atomic E-state index is 11.9. The van der Waals surface area contributed by atoms with Gasteiger partial charge < -0.3 is 15.7 Å². The molecule has 1 saturated carbocycles. The van der Waals surface area contributed by atoms with Gasteiger partial charge in [0, 0.05) is 11.3 Å². The van der Waals surface area contributed by atoms with Crippen molar-refractivity contribution in [2.75, 3.05) is 18.8 Å². The van der Waals surface area contributed by atoms with Gasteiger partial charge in [-0.1, -0.05) is 0 Å². The van der Waals surface area contributed by atoms with Crippen LogP contribution in [0.5, 0.6) is 0 Å². The van der Waals surface area contributed by atoms with E-state index in [1.165, 1.54) is 0 Å². The minimum atomic E-state index is -0.698. The number of rotatable bonds is 5. The molecule has 0 atom stereocenters. The summed E-state index contributed by atoms with van der Waals surface area (Å²) in [6.45, 7) is 2.11. The summed E-state index contributed by atoms with van der Waals surface area (Å²) in [4.78, 5) is 22.8. The summed E-state index contributed by atoms with van der Waals surface area (Å²) >= 11 is 1.75. The van der Waals surface area contributed by atoms with Gasteiger partial charge in [-0.25, -0.2) is 0 Å². The summed E-state index contributed by atoms with van der Waals surface area (Å²) in [5.74, 6) is -0.278. The SMILES string of the molecule is O=C(CSC1CCNCC1)NC1CCC(C(=O)O)CC1. The van der Waals surface area contributed by atoms with Crippen molar-refractivity contribution in [2.45, 2.75) is 49.8 Å². The summed E-state index contributed by atoms with van der Waals surface area (Å²) < 4.78 is 0. The number of carbonyl (C=O) groups excluding carboxylic acids is 1. The van der Waals surface area contributed by atoms with E-state index in [1.807, 2.05) is 0 Å². The summed E-state index contributed by atoms with van der Waals surface area (Å²) in [7, 11) is 0. The number of carboxylic acids is 1. The van der Waals surface area contributed by atoms with E-state index in [0.29, 0.717) is 23.8 Å². The Balaban J connectivity index is 1.61. The highest BCUT2D eigenvalue weighted by Crippen LogP contribution is 2.25. The zero-order valence-electron chi connectivity index (χ0n) is 11.8. The Hall–Kier alpha value is -0.750. The maximum Gasteiger partial charge on any atom is 0.306 e. The molecule has 1 aliphatic carbocycles. The molecule has 1 heterocycles. The fourth-order valence-corrected chi connectivity index (χ4v) is 3.95. The lowest BCUT2D eigenvalue weighted by molar-refractivity contribution is -0.142. The van der Waals surface area contributed by atoms with Gasteiger partial charge in [0.15, 0.2) is 0 Å². The quantitative estimate of drug-likeness (QED) is 0.712. The molecule has 0 aromatic rings. The molecule has 3 N–H and O–H groups in total. The molecular weight excluding hydrogens is 276 g/mol. The molecule has 2 rings (SSSR count). The molecule has 0 aromatic heterocycles. The van der Waals surface area contributed by atoms with Gasteiger partial charge in [-0.3, -0.25) is 9.59 Å². The molecule has 1 saturated heterocycles. The molecular formula is C14H24N2O3S. The fraction of sp³-hybridized carbons (Fsp3) is 0.857. The number of hydrogen-bond acceptors (Lipinski definition) is 4. The van der Waals surface area contributed by atoms with Crippen LogP contribution < -0.4 is 10.6 Å². The summed E-state index contributed by atoms with van der Waals surface area (Å²) in [5.41, 5.74) is 0. The van der Waals surface area contributed by atoms with Crippen LogP contribution in [0.4, 0.5) is 0 Å². The van der Waals surface area contributed by atoms with Crippen LogP contribution in [0.3, 0.4) is 0 Å². The minimum absolute atomic E-state index is 0.104. The van der Waals surface area contributed by atoms with E-state index in [2.05, 4.69) is 10.6 Å². The molecule has 1 amide bonds. The molecule has 0 spiro atoms. The highest BCUT2D eigenvalue weighted by molar-refractivity contribution is 8.00. The van der Waals surface area contributed by atoms with Gasteiger partial charge in [-0.05, 0) is 51.6 Å². The molecule has 0 unspecified atom stereocenters. The first kappa shape index (κ1) is 15.6. The Kier molecular flexibility index (Phi) is 6.16. The lowest BCUT2D eigenvalue weighted by atomic mass is 9.86. The van der Waals surface area contributed by atoms with E-state index in [-0.39, 0.29) is 17.9 Å². The molecule has 2 aliphatic rings. The third-order valence-electron chi connectivity index (χ3n) is 4.18.